The Hall–Kier alpha value is -2.22. The number of carboxylic acid groups (broad SMARTS) is 1. The highest BCUT2D eigenvalue weighted by molar-refractivity contribution is 7.89. The average Bonchev–Trinajstić information content (AvgIpc) is 3.42. The van der Waals surface area contributed by atoms with Gasteiger partial charge in [0.2, 0.25) is 10.0 Å². The van der Waals surface area contributed by atoms with E-state index in [1.807, 2.05) is 0 Å². The summed E-state index contributed by atoms with van der Waals surface area (Å²) in [6.07, 6.45) is 4.54. The van der Waals surface area contributed by atoms with E-state index in [-0.39, 0.29) is 11.4 Å². The number of hydrogen-bond acceptors (Lipinski definition) is 4. The van der Waals surface area contributed by atoms with E-state index < -0.39 is 22.0 Å². The molecule has 0 aromatic heterocycles. The van der Waals surface area contributed by atoms with Crippen LogP contribution in [0.25, 0.3) is 11.1 Å². The molecule has 2 atom stereocenters. The third-order valence-electron chi connectivity index (χ3n) is 6.62. The number of aliphatic carboxylic acids is 1. The molecule has 2 aromatic rings. The van der Waals surface area contributed by atoms with Gasteiger partial charge in [-0.25, -0.2) is 8.42 Å². The minimum atomic E-state index is -3.81. The molecule has 7 heteroatoms. The number of rotatable bonds is 7. The third kappa shape index (κ3) is 4.68. The minimum absolute atomic E-state index is 0.140. The summed E-state index contributed by atoms with van der Waals surface area (Å²) in [6.45, 7) is 4.82. The molecule has 0 aliphatic carbocycles. The molecule has 2 unspecified atom stereocenters. The summed E-state index contributed by atoms with van der Waals surface area (Å²) in [5.41, 5.74) is 3.28. The molecule has 31 heavy (non-hydrogen) atoms. The molecule has 1 N–H and O–H groups in total. The predicted molar refractivity (Wildman–Crippen MR) is 120 cm³/mol. The lowest BCUT2D eigenvalue weighted by molar-refractivity contribution is -0.140. The van der Waals surface area contributed by atoms with Crippen LogP contribution in [-0.4, -0.2) is 60.4 Å². The number of likely N-dealkylation sites (tertiary alicyclic amines) is 1. The first-order chi connectivity index (χ1) is 14.9. The summed E-state index contributed by atoms with van der Waals surface area (Å²) >= 11 is 0. The smallest absolute Gasteiger partial charge is 0.322 e. The fourth-order valence-corrected chi connectivity index (χ4v) is 6.34. The molecule has 2 heterocycles. The van der Waals surface area contributed by atoms with Gasteiger partial charge in [0.05, 0.1) is 4.90 Å². The van der Waals surface area contributed by atoms with Gasteiger partial charge in [0, 0.05) is 19.1 Å². The number of nitrogens with zero attached hydrogens (tertiary/aromatic N) is 2. The van der Waals surface area contributed by atoms with Crippen molar-refractivity contribution < 1.29 is 18.3 Å². The molecule has 0 amide bonds. The van der Waals surface area contributed by atoms with Crippen molar-refractivity contribution in [2.24, 2.45) is 0 Å². The summed E-state index contributed by atoms with van der Waals surface area (Å²) in [7, 11) is -3.81. The monoisotopic (exact) mass is 442 g/mol. The van der Waals surface area contributed by atoms with E-state index in [9.17, 15) is 18.3 Å². The first-order valence-electron chi connectivity index (χ1n) is 11.0. The first-order valence-corrected chi connectivity index (χ1v) is 12.5. The zero-order chi connectivity index (χ0) is 22.0. The van der Waals surface area contributed by atoms with Crippen molar-refractivity contribution in [2.75, 3.05) is 19.6 Å². The van der Waals surface area contributed by atoms with Crippen molar-refractivity contribution >= 4 is 16.0 Å². The Labute approximate surface area is 184 Å². The number of hydrogen-bond donors (Lipinski definition) is 1. The second-order valence-corrected chi connectivity index (χ2v) is 10.5. The minimum Gasteiger partial charge on any atom is -0.480 e. The van der Waals surface area contributed by atoms with Gasteiger partial charge in [0.25, 0.3) is 0 Å². The predicted octanol–water partition coefficient (Wildman–Crippen LogP) is 3.62. The highest BCUT2D eigenvalue weighted by Crippen LogP contribution is 2.28. The van der Waals surface area contributed by atoms with Gasteiger partial charge in [-0.3, -0.25) is 4.79 Å². The van der Waals surface area contributed by atoms with Crippen molar-refractivity contribution in [3.63, 3.8) is 0 Å². The molecule has 0 saturated carbocycles. The van der Waals surface area contributed by atoms with Gasteiger partial charge in [-0.1, -0.05) is 36.4 Å². The lowest BCUT2D eigenvalue weighted by Gasteiger charge is -2.21. The Bertz CT molecular complexity index is 1020. The molecule has 166 valence electrons. The van der Waals surface area contributed by atoms with Gasteiger partial charge in [-0.05, 0) is 74.4 Å². The molecular weight excluding hydrogens is 412 g/mol. The van der Waals surface area contributed by atoms with Gasteiger partial charge >= 0.3 is 5.97 Å². The van der Waals surface area contributed by atoms with Crippen molar-refractivity contribution in [2.45, 2.75) is 56.0 Å². The van der Waals surface area contributed by atoms with Gasteiger partial charge in [0.15, 0.2) is 0 Å². The zero-order valence-corrected chi connectivity index (χ0v) is 18.7. The van der Waals surface area contributed by atoms with Crippen LogP contribution in [0.3, 0.4) is 0 Å². The summed E-state index contributed by atoms with van der Waals surface area (Å²) in [5, 5.41) is 9.31. The summed E-state index contributed by atoms with van der Waals surface area (Å²) in [5.74, 6) is -1.09. The van der Waals surface area contributed by atoms with Gasteiger partial charge in [0.1, 0.15) is 6.04 Å². The van der Waals surface area contributed by atoms with E-state index in [0.717, 1.165) is 28.4 Å². The zero-order valence-electron chi connectivity index (χ0n) is 17.9. The Morgan fingerprint density at radius 1 is 0.968 bits per heavy atom. The topological polar surface area (TPSA) is 77.9 Å². The van der Waals surface area contributed by atoms with Crippen LogP contribution in [0, 0.1) is 0 Å². The Balaban J connectivity index is 1.43. The molecule has 2 aliphatic rings. The molecular formula is C24H30N2O4S. The SMILES string of the molecule is CC1CCCN1CCc1ccc(-c2ccc(S(=O)(=O)N3CCCC3C(=O)O)cc2)cc1. The third-order valence-corrected chi connectivity index (χ3v) is 8.54. The van der Waals surface area contributed by atoms with Crippen molar-refractivity contribution in [3.8, 4) is 11.1 Å². The Morgan fingerprint density at radius 3 is 2.16 bits per heavy atom. The summed E-state index contributed by atoms with van der Waals surface area (Å²) in [6, 6.07) is 14.9. The Kier molecular flexibility index (Phi) is 6.46. The number of carbonyl (C=O) groups is 1. The van der Waals surface area contributed by atoms with Gasteiger partial charge in [-0.15, -0.1) is 0 Å². The van der Waals surface area contributed by atoms with E-state index in [0.29, 0.717) is 18.9 Å². The maximum absolute atomic E-state index is 12.9. The molecule has 2 aromatic carbocycles. The maximum Gasteiger partial charge on any atom is 0.322 e. The molecule has 2 saturated heterocycles. The van der Waals surface area contributed by atoms with Gasteiger partial charge < -0.3 is 10.0 Å². The highest BCUT2D eigenvalue weighted by atomic mass is 32.2. The van der Waals surface area contributed by atoms with E-state index in [2.05, 4.69) is 36.1 Å². The van der Waals surface area contributed by atoms with Crippen LogP contribution < -0.4 is 0 Å². The Morgan fingerprint density at radius 2 is 1.58 bits per heavy atom. The van der Waals surface area contributed by atoms with Crippen molar-refractivity contribution in [1.82, 2.24) is 9.21 Å². The first kappa shape index (κ1) is 22.0. The van der Waals surface area contributed by atoms with Crippen molar-refractivity contribution in [1.29, 1.82) is 0 Å². The second-order valence-electron chi connectivity index (χ2n) is 8.61. The normalized spacial score (nSPS) is 22.7. The van der Waals surface area contributed by atoms with Crippen LogP contribution in [-0.2, 0) is 21.2 Å². The van der Waals surface area contributed by atoms with E-state index >= 15 is 0 Å². The van der Waals surface area contributed by atoms with Gasteiger partial charge in [-0.2, -0.15) is 4.31 Å². The summed E-state index contributed by atoms with van der Waals surface area (Å²) < 4.78 is 26.9. The quantitative estimate of drug-likeness (QED) is 0.709. The fourth-order valence-electron chi connectivity index (χ4n) is 4.69. The van der Waals surface area contributed by atoms with E-state index in [1.165, 1.54) is 24.9 Å². The second kappa shape index (κ2) is 9.10. The molecule has 2 aliphatic heterocycles. The standard InChI is InChI=1S/C24H30N2O4S/c1-18-4-2-15-25(18)17-14-19-6-8-20(9-7-19)21-10-12-22(13-11-21)31(29,30)26-16-3-5-23(26)24(27)28/h6-13,18,23H,2-5,14-17H2,1H3,(H,27,28). The fraction of sp³-hybridized carbons (Fsp3) is 0.458. The maximum atomic E-state index is 12.9. The van der Waals surface area contributed by atoms with Crippen LogP contribution in [0.1, 0.15) is 38.2 Å². The number of benzene rings is 2. The highest BCUT2D eigenvalue weighted by Gasteiger charge is 2.39. The average molecular weight is 443 g/mol. The summed E-state index contributed by atoms with van der Waals surface area (Å²) in [4.78, 5) is 14.1. The number of sulfonamides is 1. The molecule has 2 fully saturated rings. The largest absolute Gasteiger partial charge is 0.480 e. The molecule has 6 nitrogen and oxygen atoms in total. The molecule has 4 rings (SSSR count). The lowest BCUT2D eigenvalue weighted by atomic mass is 10.0. The number of carboxylic acids is 1. The lowest BCUT2D eigenvalue weighted by Crippen LogP contribution is -2.40. The van der Waals surface area contributed by atoms with Crippen LogP contribution in [0.2, 0.25) is 0 Å². The molecule has 0 radical (unpaired) electrons. The van der Waals surface area contributed by atoms with Crippen LogP contribution in [0.15, 0.2) is 53.4 Å². The van der Waals surface area contributed by atoms with E-state index in [4.69, 9.17) is 0 Å². The van der Waals surface area contributed by atoms with Crippen LogP contribution >= 0.6 is 0 Å². The van der Waals surface area contributed by atoms with Crippen LogP contribution in [0.4, 0.5) is 0 Å². The van der Waals surface area contributed by atoms with Crippen molar-refractivity contribution in [3.05, 3.63) is 54.1 Å². The molecule has 0 bridgehead atoms. The van der Waals surface area contributed by atoms with Crippen LogP contribution in [0.5, 0.6) is 0 Å². The molecule has 0 spiro atoms. The van der Waals surface area contributed by atoms with E-state index in [1.54, 1.807) is 24.3 Å².